The summed E-state index contributed by atoms with van der Waals surface area (Å²) >= 11 is 0. The summed E-state index contributed by atoms with van der Waals surface area (Å²) in [6, 6.07) is 2.82. The van der Waals surface area contributed by atoms with E-state index >= 15 is 0 Å². The zero-order chi connectivity index (χ0) is 26.3. The van der Waals surface area contributed by atoms with Crippen molar-refractivity contribution in [1.82, 2.24) is 29.6 Å². The highest BCUT2D eigenvalue weighted by Crippen LogP contribution is 2.36. The van der Waals surface area contributed by atoms with E-state index in [0.29, 0.717) is 23.5 Å². The molecule has 3 aromatic heterocycles. The normalized spacial score (nSPS) is 19.8. The van der Waals surface area contributed by atoms with Gasteiger partial charge in [0, 0.05) is 61.6 Å². The van der Waals surface area contributed by atoms with E-state index in [0.717, 1.165) is 10.6 Å². The molecule has 4 rings (SSSR count). The van der Waals surface area contributed by atoms with Gasteiger partial charge in [-0.1, -0.05) is 13.0 Å². The highest BCUT2D eigenvalue weighted by atomic mass is 19.4. The second kappa shape index (κ2) is 9.43. The average molecular weight is 509 g/mol. The van der Waals surface area contributed by atoms with Gasteiger partial charge >= 0.3 is 6.18 Å². The van der Waals surface area contributed by atoms with Crippen LogP contribution in [0.25, 0.3) is 11.1 Å². The first-order chi connectivity index (χ1) is 16.8. The van der Waals surface area contributed by atoms with Gasteiger partial charge in [0.2, 0.25) is 5.95 Å². The molecule has 1 fully saturated rings. The number of rotatable bonds is 5. The molecule has 0 unspecified atom stereocenters. The van der Waals surface area contributed by atoms with Crippen molar-refractivity contribution >= 4 is 11.9 Å². The van der Waals surface area contributed by atoms with Crippen LogP contribution in [0.5, 0.6) is 0 Å². The second-order valence-corrected chi connectivity index (χ2v) is 8.97. The minimum Gasteiger partial charge on any atom is -0.352 e. The smallest absolute Gasteiger partial charge is 0.352 e. The van der Waals surface area contributed by atoms with Crippen molar-refractivity contribution in [2.45, 2.75) is 38.4 Å². The maximum absolute atomic E-state index is 14.6. The predicted octanol–water partition coefficient (Wildman–Crippen LogP) is 4.20. The minimum atomic E-state index is -4.58. The summed E-state index contributed by atoms with van der Waals surface area (Å²) in [7, 11) is 1.62. The predicted molar refractivity (Wildman–Crippen MR) is 120 cm³/mol. The van der Waals surface area contributed by atoms with Crippen LogP contribution in [-0.2, 0) is 13.2 Å². The summed E-state index contributed by atoms with van der Waals surface area (Å²) in [5.74, 6) is -4.54. The third-order valence-corrected chi connectivity index (χ3v) is 6.04. The molecule has 36 heavy (non-hydrogen) atoms. The molecule has 4 heterocycles. The molecule has 0 bridgehead atoms. The van der Waals surface area contributed by atoms with E-state index in [1.54, 1.807) is 38.5 Å². The molecule has 0 aliphatic carbocycles. The molecule has 0 aromatic carbocycles. The standard InChI is InChI=1S/C23H24F5N7O/c1-13-6-22(24,25)12-35(18(13)10-32-21-30-8-16(9-31-21)23(26,27)28)20(36)19-17(11-34(3)33-19)15-5-4-14(2)29-7-15/h4-5,7-9,11,13,18H,6,10,12H2,1-3H3,(H,30,31,32)/t13-,18-/m1/s1. The molecule has 13 heteroatoms. The number of aromatic nitrogens is 5. The average Bonchev–Trinajstić information content (AvgIpc) is 3.19. The van der Waals surface area contributed by atoms with E-state index in [1.807, 2.05) is 6.92 Å². The number of nitrogens with zero attached hydrogens (tertiary/aromatic N) is 6. The number of hydrogen-bond acceptors (Lipinski definition) is 6. The van der Waals surface area contributed by atoms with Gasteiger partial charge in [-0.15, -0.1) is 0 Å². The summed E-state index contributed by atoms with van der Waals surface area (Å²) in [5, 5.41) is 7.02. The van der Waals surface area contributed by atoms with Crippen LogP contribution in [0.2, 0.25) is 0 Å². The number of likely N-dealkylation sites (tertiary alicyclic amines) is 1. The lowest BCUT2D eigenvalue weighted by Gasteiger charge is -2.43. The highest BCUT2D eigenvalue weighted by Gasteiger charge is 2.47. The molecule has 1 saturated heterocycles. The Morgan fingerprint density at radius 1 is 1.17 bits per heavy atom. The van der Waals surface area contributed by atoms with Crippen LogP contribution in [0.15, 0.2) is 36.9 Å². The Bertz CT molecular complexity index is 1230. The van der Waals surface area contributed by atoms with E-state index in [1.165, 1.54) is 4.68 Å². The number of pyridine rings is 1. The Hall–Kier alpha value is -3.64. The van der Waals surface area contributed by atoms with Crippen molar-refractivity contribution in [3.63, 3.8) is 0 Å². The monoisotopic (exact) mass is 509 g/mol. The molecular formula is C23H24F5N7O. The van der Waals surface area contributed by atoms with Crippen LogP contribution in [0.1, 0.15) is 35.1 Å². The van der Waals surface area contributed by atoms with Gasteiger partial charge in [0.1, 0.15) is 0 Å². The second-order valence-electron chi connectivity index (χ2n) is 8.97. The van der Waals surface area contributed by atoms with Crippen molar-refractivity contribution < 1.29 is 26.7 Å². The number of nitrogens with one attached hydrogen (secondary N) is 1. The highest BCUT2D eigenvalue weighted by molar-refractivity contribution is 5.99. The molecule has 1 N–H and O–H groups in total. The van der Waals surface area contributed by atoms with Gasteiger partial charge in [-0.05, 0) is 18.9 Å². The lowest BCUT2D eigenvalue weighted by molar-refractivity contribution is -0.138. The Morgan fingerprint density at radius 2 is 1.86 bits per heavy atom. The number of alkyl halides is 5. The van der Waals surface area contributed by atoms with Gasteiger partial charge in [-0.2, -0.15) is 18.3 Å². The maximum atomic E-state index is 14.6. The number of carbonyl (C=O) groups excluding carboxylic acids is 1. The molecule has 8 nitrogen and oxygen atoms in total. The fourth-order valence-corrected chi connectivity index (χ4v) is 4.26. The van der Waals surface area contributed by atoms with Gasteiger partial charge in [0.25, 0.3) is 11.8 Å². The molecular weight excluding hydrogens is 485 g/mol. The summed E-state index contributed by atoms with van der Waals surface area (Å²) in [6.45, 7) is 2.55. The Morgan fingerprint density at radius 3 is 2.47 bits per heavy atom. The molecule has 2 atom stereocenters. The summed E-state index contributed by atoms with van der Waals surface area (Å²) < 4.78 is 68.9. The van der Waals surface area contributed by atoms with Crippen molar-refractivity contribution in [3.05, 3.63) is 53.9 Å². The fraction of sp³-hybridized carbons (Fsp3) is 0.435. The maximum Gasteiger partial charge on any atom is 0.419 e. The molecule has 0 saturated carbocycles. The summed E-state index contributed by atoms with van der Waals surface area (Å²) in [4.78, 5) is 26.2. The Labute approximate surface area is 203 Å². The van der Waals surface area contributed by atoms with Crippen LogP contribution in [0.3, 0.4) is 0 Å². The van der Waals surface area contributed by atoms with Crippen LogP contribution in [0.4, 0.5) is 27.9 Å². The van der Waals surface area contributed by atoms with Crippen LogP contribution in [-0.4, -0.2) is 60.6 Å². The number of carbonyl (C=O) groups is 1. The van der Waals surface area contributed by atoms with Crippen molar-refractivity contribution in [3.8, 4) is 11.1 Å². The third-order valence-electron chi connectivity index (χ3n) is 6.04. The Kier molecular flexibility index (Phi) is 6.67. The first-order valence-corrected chi connectivity index (χ1v) is 11.1. The number of hydrogen-bond donors (Lipinski definition) is 1. The van der Waals surface area contributed by atoms with E-state index < -0.39 is 48.5 Å². The van der Waals surface area contributed by atoms with E-state index in [2.05, 4.69) is 25.4 Å². The molecule has 3 aromatic rings. The van der Waals surface area contributed by atoms with Gasteiger partial charge in [0.15, 0.2) is 5.69 Å². The number of piperidine rings is 1. The summed E-state index contributed by atoms with van der Waals surface area (Å²) in [6.07, 6.45) is -0.572. The quantitative estimate of drug-likeness (QED) is 0.519. The number of anilines is 1. The largest absolute Gasteiger partial charge is 0.419 e. The fourth-order valence-electron chi connectivity index (χ4n) is 4.26. The molecule has 0 spiro atoms. The molecule has 1 aliphatic heterocycles. The van der Waals surface area contributed by atoms with Gasteiger partial charge in [-0.3, -0.25) is 14.5 Å². The zero-order valence-electron chi connectivity index (χ0n) is 19.7. The van der Waals surface area contributed by atoms with E-state index in [9.17, 15) is 26.7 Å². The van der Waals surface area contributed by atoms with E-state index in [-0.39, 0.29) is 18.2 Å². The van der Waals surface area contributed by atoms with Gasteiger partial charge in [-0.25, -0.2) is 18.7 Å². The topological polar surface area (TPSA) is 88.8 Å². The number of halogens is 5. The van der Waals surface area contributed by atoms with E-state index in [4.69, 9.17) is 0 Å². The zero-order valence-corrected chi connectivity index (χ0v) is 19.7. The lowest BCUT2D eigenvalue weighted by atomic mass is 9.88. The van der Waals surface area contributed by atoms with Crippen molar-refractivity contribution in [2.75, 3.05) is 18.4 Å². The molecule has 0 radical (unpaired) electrons. The minimum absolute atomic E-state index is 0.00355. The Balaban J connectivity index is 1.60. The lowest BCUT2D eigenvalue weighted by Crippen LogP contribution is -2.57. The van der Waals surface area contributed by atoms with Crippen LogP contribution < -0.4 is 5.32 Å². The first-order valence-electron chi connectivity index (χ1n) is 11.1. The van der Waals surface area contributed by atoms with Crippen molar-refractivity contribution in [2.24, 2.45) is 13.0 Å². The first kappa shape index (κ1) is 25.5. The summed E-state index contributed by atoms with van der Waals surface area (Å²) in [5.41, 5.74) is 0.834. The van der Waals surface area contributed by atoms with Crippen LogP contribution >= 0.6 is 0 Å². The van der Waals surface area contributed by atoms with Gasteiger partial charge in [0.05, 0.1) is 18.2 Å². The van der Waals surface area contributed by atoms with Crippen LogP contribution in [0, 0.1) is 12.8 Å². The number of amides is 1. The molecule has 192 valence electrons. The van der Waals surface area contributed by atoms with Crippen molar-refractivity contribution in [1.29, 1.82) is 0 Å². The third kappa shape index (κ3) is 5.44. The number of aryl methyl sites for hydroxylation is 2. The molecule has 1 amide bonds. The van der Waals surface area contributed by atoms with Gasteiger partial charge < -0.3 is 10.2 Å². The molecule has 1 aliphatic rings. The SMILES string of the molecule is Cc1ccc(-c2cn(C)nc2C(=O)N2CC(F)(F)C[C@@H](C)[C@H]2CNc2ncc(C(F)(F)F)cn2)cn1.